The average Bonchev–Trinajstić information content (AvgIpc) is 2.60. The summed E-state index contributed by atoms with van der Waals surface area (Å²) in [4.78, 5) is 0. The van der Waals surface area contributed by atoms with Crippen molar-refractivity contribution in [2.24, 2.45) is 40.9 Å². The molecule has 0 aromatic carbocycles. The van der Waals surface area contributed by atoms with Gasteiger partial charge in [0, 0.05) is 0 Å². The van der Waals surface area contributed by atoms with Gasteiger partial charge in [0.05, 0.1) is 12.2 Å². The van der Waals surface area contributed by atoms with Gasteiger partial charge in [-0.15, -0.1) is 0 Å². The monoisotopic (exact) mass is 352 g/mol. The van der Waals surface area contributed by atoms with Crippen LogP contribution in [0, 0.1) is 40.9 Å². The van der Waals surface area contributed by atoms with Crippen molar-refractivity contribution < 1.29 is 10.2 Å². The second-order valence-corrected chi connectivity index (χ2v) is 10.1. The second-order valence-electron chi connectivity index (χ2n) is 10.1. The highest BCUT2D eigenvalue weighted by molar-refractivity contribution is 4.97. The maximum absolute atomic E-state index is 10.5. The Morgan fingerprint density at radius 3 is 2.04 bits per heavy atom. The van der Waals surface area contributed by atoms with Crippen molar-refractivity contribution in [1.29, 1.82) is 0 Å². The molecule has 2 nitrogen and oxygen atoms in total. The Bertz CT molecular complexity index is 401. The third-order valence-electron chi connectivity index (χ3n) is 8.49. The van der Waals surface area contributed by atoms with Crippen molar-refractivity contribution in [3.8, 4) is 0 Å². The molecule has 0 amide bonds. The number of hydrogen-bond acceptors (Lipinski definition) is 2. The van der Waals surface area contributed by atoms with Crippen molar-refractivity contribution in [2.75, 3.05) is 0 Å². The van der Waals surface area contributed by atoms with E-state index in [2.05, 4.69) is 41.5 Å². The molecule has 0 aliphatic heterocycles. The predicted molar refractivity (Wildman–Crippen MR) is 106 cm³/mol. The summed E-state index contributed by atoms with van der Waals surface area (Å²) in [6.07, 6.45) is 8.68. The lowest BCUT2D eigenvalue weighted by Crippen LogP contribution is -2.46. The van der Waals surface area contributed by atoms with Gasteiger partial charge in [0.2, 0.25) is 0 Å². The van der Waals surface area contributed by atoms with E-state index in [1.165, 1.54) is 32.1 Å². The molecule has 2 saturated carbocycles. The van der Waals surface area contributed by atoms with E-state index < -0.39 is 0 Å². The first-order valence-electron chi connectivity index (χ1n) is 11.1. The van der Waals surface area contributed by atoms with E-state index in [0.29, 0.717) is 40.9 Å². The smallest absolute Gasteiger partial charge is 0.0571 e. The highest BCUT2D eigenvalue weighted by Crippen LogP contribution is 2.53. The Morgan fingerprint density at radius 2 is 1.44 bits per heavy atom. The van der Waals surface area contributed by atoms with Crippen molar-refractivity contribution in [1.82, 2.24) is 0 Å². The van der Waals surface area contributed by atoms with Crippen LogP contribution in [0.4, 0.5) is 0 Å². The van der Waals surface area contributed by atoms with Gasteiger partial charge < -0.3 is 10.2 Å². The van der Waals surface area contributed by atoms with Gasteiger partial charge in [0.15, 0.2) is 0 Å². The van der Waals surface area contributed by atoms with Gasteiger partial charge in [-0.2, -0.15) is 0 Å². The summed E-state index contributed by atoms with van der Waals surface area (Å²) >= 11 is 0. The molecule has 8 unspecified atom stereocenters. The van der Waals surface area contributed by atoms with Crippen LogP contribution in [0.5, 0.6) is 0 Å². The lowest BCUT2D eigenvalue weighted by atomic mass is 9.54. The Labute approximate surface area is 156 Å². The topological polar surface area (TPSA) is 40.5 Å². The third kappa shape index (κ3) is 4.61. The molecule has 0 radical (unpaired) electrons. The molecule has 0 aromatic rings. The zero-order chi connectivity index (χ0) is 18.8. The molecule has 2 rings (SSSR count). The van der Waals surface area contributed by atoms with E-state index in [1.54, 1.807) is 0 Å². The fourth-order valence-electron chi connectivity index (χ4n) is 6.12. The normalized spacial score (nSPS) is 39.8. The van der Waals surface area contributed by atoms with Crippen molar-refractivity contribution in [3.63, 3.8) is 0 Å². The zero-order valence-electron chi connectivity index (χ0n) is 17.7. The minimum atomic E-state index is -0.0967. The molecule has 148 valence electrons. The van der Waals surface area contributed by atoms with Gasteiger partial charge >= 0.3 is 0 Å². The summed E-state index contributed by atoms with van der Waals surface area (Å²) in [6.45, 7) is 14.3. The lowest BCUT2D eigenvalue weighted by Gasteiger charge is -2.52. The minimum Gasteiger partial charge on any atom is -0.393 e. The maximum Gasteiger partial charge on any atom is 0.0571 e. The van der Waals surface area contributed by atoms with E-state index in [-0.39, 0.29) is 12.2 Å². The van der Waals surface area contributed by atoms with Crippen LogP contribution < -0.4 is 0 Å². The lowest BCUT2D eigenvalue weighted by molar-refractivity contribution is -0.0659. The number of aliphatic hydroxyl groups is 2. The molecule has 2 aliphatic carbocycles. The quantitative estimate of drug-likeness (QED) is 0.647. The molecular weight excluding hydrogens is 308 g/mol. The van der Waals surface area contributed by atoms with E-state index in [1.807, 2.05) is 0 Å². The molecule has 25 heavy (non-hydrogen) atoms. The molecule has 0 aromatic heterocycles. The van der Waals surface area contributed by atoms with Crippen LogP contribution in [0.25, 0.3) is 0 Å². The fourth-order valence-corrected chi connectivity index (χ4v) is 6.12. The predicted octanol–water partition coefficient (Wildman–Crippen LogP) is 5.66. The van der Waals surface area contributed by atoms with Gasteiger partial charge in [-0.25, -0.2) is 0 Å². The van der Waals surface area contributed by atoms with Crippen LogP contribution in [0.1, 0.15) is 92.9 Å². The van der Waals surface area contributed by atoms with Crippen molar-refractivity contribution >= 4 is 0 Å². The molecular formula is C23H44O2. The summed E-state index contributed by atoms with van der Waals surface area (Å²) < 4.78 is 0. The van der Waals surface area contributed by atoms with Gasteiger partial charge in [-0.05, 0) is 79.4 Å². The molecule has 2 N–H and O–H groups in total. The summed E-state index contributed by atoms with van der Waals surface area (Å²) in [7, 11) is 0. The second kappa shape index (κ2) is 8.74. The molecule has 8 atom stereocenters. The van der Waals surface area contributed by atoms with Crippen LogP contribution in [-0.4, -0.2) is 22.4 Å². The highest BCUT2D eigenvalue weighted by atomic mass is 16.3. The standard InChI is InChI=1S/C23H44O2/c1-7-15(3)19-14-18(24)10-11-21(19)23(5,6)17-9-12-22(25)20(13-17)16(4)8-2/h15-22,24-25H,7-14H2,1-6H3. The van der Waals surface area contributed by atoms with E-state index in [4.69, 9.17) is 0 Å². The fraction of sp³-hybridized carbons (Fsp3) is 1.00. The van der Waals surface area contributed by atoms with Crippen LogP contribution in [0.2, 0.25) is 0 Å². The molecule has 0 spiro atoms. The first-order chi connectivity index (χ1) is 11.7. The Kier molecular flexibility index (Phi) is 7.42. The van der Waals surface area contributed by atoms with Crippen LogP contribution in [-0.2, 0) is 0 Å². The van der Waals surface area contributed by atoms with Gasteiger partial charge in [0.1, 0.15) is 0 Å². The molecule has 2 fully saturated rings. The first kappa shape index (κ1) is 21.2. The molecule has 0 bridgehead atoms. The van der Waals surface area contributed by atoms with Gasteiger partial charge in [0.25, 0.3) is 0 Å². The number of hydrogen-bond donors (Lipinski definition) is 2. The Hall–Kier alpha value is -0.0800. The SMILES string of the molecule is CCC(C)C1CC(C(C)(C)C2CCC(O)CC2C(C)CC)CCC1O. The van der Waals surface area contributed by atoms with Crippen molar-refractivity contribution in [3.05, 3.63) is 0 Å². The number of rotatable bonds is 6. The molecule has 0 saturated heterocycles. The van der Waals surface area contributed by atoms with E-state index in [9.17, 15) is 10.2 Å². The molecule has 0 heterocycles. The summed E-state index contributed by atoms with van der Waals surface area (Å²) in [5, 5.41) is 20.8. The van der Waals surface area contributed by atoms with E-state index >= 15 is 0 Å². The largest absolute Gasteiger partial charge is 0.393 e. The summed E-state index contributed by atoms with van der Waals surface area (Å²) in [5.74, 6) is 3.85. The highest BCUT2D eigenvalue weighted by Gasteiger charge is 2.47. The van der Waals surface area contributed by atoms with Gasteiger partial charge in [-0.3, -0.25) is 0 Å². The zero-order valence-corrected chi connectivity index (χ0v) is 17.7. The maximum atomic E-state index is 10.5. The number of aliphatic hydroxyl groups excluding tert-OH is 2. The molecule has 2 aliphatic rings. The van der Waals surface area contributed by atoms with Crippen molar-refractivity contribution in [2.45, 2.75) is 105 Å². The summed E-state index contributed by atoms with van der Waals surface area (Å²) in [6, 6.07) is 0. The van der Waals surface area contributed by atoms with Crippen LogP contribution in [0.3, 0.4) is 0 Å². The van der Waals surface area contributed by atoms with Crippen LogP contribution >= 0.6 is 0 Å². The third-order valence-corrected chi connectivity index (χ3v) is 8.49. The molecule has 2 heteroatoms. The van der Waals surface area contributed by atoms with Crippen LogP contribution in [0.15, 0.2) is 0 Å². The Balaban J connectivity index is 2.17. The van der Waals surface area contributed by atoms with E-state index in [0.717, 1.165) is 19.3 Å². The minimum absolute atomic E-state index is 0.0907. The summed E-state index contributed by atoms with van der Waals surface area (Å²) in [5.41, 5.74) is 0.306. The first-order valence-corrected chi connectivity index (χ1v) is 11.1. The average molecular weight is 353 g/mol. The van der Waals surface area contributed by atoms with Gasteiger partial charge in [-0.1, -0.05) is 54.4 Å². The Morgan fingerprint density at radius 1 is 0.840 bits per heavy atom.